The van der Waals surface area contributed by atoms with Crippen LogP contribution >= 0.6 is 11.8 Å². The molecule has 0 spiro atoms. The Labute approximate surface area is 143 Å². The van der Waals surface area contributed by atoms with E-state index in [-0.39, 0.29) is 11.1 Å². The molecule has 1 aliphatic rings. The Morgan fingerprint density at radius 2 is 1.75 bits per heavy atom. The van der Waals surface area contributed by atoms with Crippen LogP contribution in [0.15, 0.2) is 65.7 Å². The van der Waals surface area contributed by atoms with E-state index in [1.807, 2.05) is 42.6 Å². The number of para-hydroxylation sites is 1. The zero-order valence-electron chi connectivity index (χ0n) is 12.7. The Morgan fingerprint density at radius 1 is 1.00 bits per heavy atom. The number of nitrogens with one attached hydrogen (secondary N) is 1. The van der Waals surface area contributed by atoms with Crippen molar-refractivity contribution in [3.63, 3.8) is 0 Å². The maximum atomic E-state index is 11.8. The summed E-state index contributed by atoms with van der Waals surface area (Å²) in [5.74, 6) is -0.329. The van der Waals surface area contributed by atoms with Crippen LogP contribution in [-0.4, -0.2) is 15.7 Å². The molecule has 1 aliphatic heterocycles. The molecule has 1 aromatic heterocycles. The largest absolute Gasteiger partial charge is 0.342 e. The van der Waals surface area contributed by atoms with E-state index in [1.165, 1.54) is 5.56 Å². The third-order valence-electron chi connectivity index (χ3n) is 3.94. The first-order chi connectivity index (χ1) is 11.7. The number of fused-ring (bicyclic) bond motifs is 1. The molecule has 4 nitrogen and oxygen atoms in total. The van der Waals surface area contributed by atoms with Crippen molar-refractivity contribution < 1.29 is 9.59 Å². The van der Waals surface area contributed by atoms with Crippen LogP contribution in [0.25, 0.3) is 17.0 Å². The van der Waals surface area contributed by atoms with Crippen molar-refractivity contribution in [2.45, 2.75) is 6.54 Å². The van der Waals surface area contributed by atoms with Crippen molar-refractivity contribution in [2.75, 3.05) is 0 Å². The van der Waals surface area contributed by atoms with Crippen LogP contribution in [0.2, 0.25) is 0 Å². The summed E-state index contributed by atoms with van der Waals surface area (Å²) >= 11 is 0.943. The smallest absolute Gasteiger partial charge is 0.290 e. The lowest BCUT2D eigenvalue weighted by Gasteiger charge is -2.05. The second-order valence-electron chi connectivity index (χ2n) is 5.57. The lowest BCUT2D eigenvalue weighted by atomic mass is 10.1. The summed E-state index contributed by atoms with van der Waals surface area (Å²) in [5, 5.41) is 3.04. The molecule has 1 fully saturated rings. The molecule has 0 radical (unpaired) electrons. The Hall–Kier alpha value is -2.79. The van der Waals surface area contributed by atoms with E-state index in [2.05, 4.69) is 28.1 Å². The van der Waals surface area contributed by atoms with Crippen LogP contribution in [0.4, 0.5) is 4.79 Å². The first kappa shape index (κ1) is 14.8. The highest BCUT2D eigenvalue weighted by atomic mass is 32.2. The van der Waals surface area contributed by atoms with Gasteiger partial charge in [0.2, 0.25) is 0 Å². The number of benzene rings is 2. The standard InChI is InChI=1S/C19H14N2O2S/c22-18-17(24-19(23)20-18)10-14-12-21(11-13-6-2-1-3-7-13)16-9-5-4-8-15(14)16/h1-10,12H,11H2,(H,20,22,23)/b17-10+. The Morgan fingerprint density at radius 3 is 2.50 bits per heavy atom. The normalized spacial score (nSPS) is 16.1. The molecule has 1 saturated heterocycles. The number of carbonyl (C=O) groups excluding carboxylic acids is 2. The molecular weight excluding hydrogens is 320 g/mol. The van der Waals surface area contributed by atoms with Crippen LogP contribution in [0.3, 0.4) is 0 Å². The van der Waals surface area contributed by atoms with E-state index < -0.39 is 0 Å². The first-order valence-electron chi connectivity index (χ1n) is 7.57. The Balaban J connectivity index is 1.78. The van der Waals surface area contributed by atoms with E-state index in [0.29, 0.717) is 4.91 Å². The van der Waals surface area contributed by atoms with Gasteiger partial charge >= 0.3 is 0 Å². The van der Waals surface area contributed by atoms with Gasteiger partial charge in [-0.2, -0.15) is 0 Å². The fraction of sp³-hybridized carbons (Fsp3) is 0.0526. The van der Waals surface area contributed by atoms with Gasteiger partial charge in [-0.1, -0.05) is 48.5 Å². The van der Waals surface area contributed by atoms with E-state index in [9.17, 15) is 9.59 Å². The molecule has 2 heterocycles. The SMILES string of the molecule is O=C1NC(=O)/C(=C\c2cn(Cc3ccccc3)c3ccccc23)S1. The molecule has 2 amide bonds. The third kappa shape index (κ3) is 2.74. The molecule has 0 aliphatic carbocycles. The average molecular weight is 334 g/mol. The minimum atomic E-state index is -0.329. The zero-order valence-corrected chi connectivity index (χ0v) is 13.5. The molecule has 24 heavy (non-hydrogen) atoms. The lowest BCUT2D eigenvalue weighted by molar-refractivity contribution is -0.115. The van der Waals surface area contributed by atoms with Crippen LogP contribution in [0.1, 0.15) is 11.1 Å². The van der Waals surface area contributed by atoms with Crippen molar-refractivity contribution >= 4 is 39.9 Å². The van der Waals surface area contributed by atoms with Crippen LogP contribution in [0.5, 0.6) is 0 Å². The summed E-state index contributed by atoms with van der Waals surface area (Å²) in [7, 11) is 0. The molecule has 0 saturated carbocycles. The van der Waals surface area contributed by atoms with Gasteiger partial charge < -0.3 is 4.57 Å². The number of amides is 2. The number of imide groups is 1. The summed E-state index contributed by atoms with van der Waals surface area (Å²) in [4.78, 5) is 23.6. The fourth-order valence-corrected chi connectivity index (χ4v) is 3.54. The Kier molecular flexibility index (Phi) is 3.70. The second kappa shape index (κ2) is 6.02. The molecule has 3 aromatic rings. The molecule has 118 valence electrons. The Bertz CT molecular complexity index is 973. The van der Waals surface area contributed by atoms with Crippen molar-refractivity contribution in [1.29, 1.82) is 0 Å². The lowest BCUT2D eigenvalue weighted by Crippen LogP contribution is -2.17. The van der Waals surface area contributed by atoms with Gasteiger partial charge in [-0.25, -0.2) is 0 Å². The van der Waals surface area contributed by atoms with Gasteiger partial charge in [0, 0.05) is 29.2 Å². The number of hydrogen-bond donors (Lipinski definition) is 1. The summed E-state index contributed by atoms with van der Waals surface area (Å²) in [6.45, 7) is 0.753. The number of hydrogen-bond acceptors (Lipinski definition) is 3. The zero-order chi connectivity index (χ0) is 16.5. The number of aromatic nitrogens is 1. The molecule has 2 aromatic carbocycles. The monoisotopic (exact) mass is 334 g/mol. The van der Waals surface area contributed by atoms with Crippen molar-refractivity contribution in [1.82, 2.24) is 9.88 Å². The third-order valence-corrected chi connectivity index (χ3v) is 4.75. The van der Waals surface area contributed by atoms with E-state index in [4.69, 9.17) is 0 Å². The summed E-state index contributed by atoms with van der Waals surface area (Å²) in [6, 6.07) is 18.3. The summed E-state index contributed by atoms with van der Waals surface area (Å²) in [6.07, 6.45) is 3.82. The van der Waals surface area contributed by atoms with Gasteiger partial charge in [-0.15, -0.1) is 0 Å². The fourth-order valence-electron chi connectivity index (χ4n) is 2.86. The van der Waals surface area contributed by atoms with Crippen molar-refractivity contribution in [3.05, 3.63) is 76.8 Å². The van der Waals surface area contributed by atoms with Gasteiger partial charge in [0.1, 0.15) is 0 Å². The van der Waals surface area contributed by atoms with E-state index in [1.54, 1.807) is 6.08 Å². The van der Waals surface area contributed by atoms with Crippen LogP contribution in [0, 0.1) is 0 Å². The molecule has 0 unspecified atom stereocenters. The number of thioether (sulfide) groups is 1. The topological polar surface area (TPSA) is 51.1 Å². The highest BCUT2D eigenvalue weighted by molar-refractivity contribution is 8.18. The average Bonchev–Trinajstić information content (AvgIpc) is 3.09. The number of carbonyl (C=O) groups is 2. The predicted molar refractivity (Wildman–Crippen MR) is 96.6 cm³/mol. The number of nitrogens with zero attached hydrogens (tertiary/aromatic N) is 1. The molecule has 0 bridgehead atoms. The van der Waals surface area contributed by atoms with Crippen molar-refractivity contribution in [2.24, 2.45) is 0 Å². The van der Waals surface area contributed by atoms with Crippen LogP contribution in [-0.2, 0) is 11.3 Å². The minimum Gasteiger partial charge on any atom is -0.342 e. The van der Waals surface area contributed by atoms with Crippen LogP contribution < -0.4 is 5.32 Å². The van der Waals surface area contributed by atoms with Crippen molar-refractivity contribution in [3.8, 4) is 0 Å². The predicted octanol–water partition coefficient (Wildman–Crippen LogP) is 4.01. The van der Waals surface area contributed by atoms with Gasteiger partial charge in [0.05, 0.1) is 4.91 Å². The summed E-state index contributed by atoms with van der Waals surface area (Å²) < 4.78 is 2.16. The quantitative estimate of drug-likeness (QED) is 0.736. The van der Waals surface area contributed by atoms with E-state index >= 15 is 0 Å². The maximum absolute atomic E-state index is 11.8. The highest BCUT2D eigenvalue weighted by Crippen LogP contribution is 2.30. The maximum Gasteiger partial charge on any atom is 0.290 e. The molecule has 0 atom stereocenters. The molecule has 4 rings (SSSR count). The second-order valence-corrected chi connectivity index (χ2v) is 6.58. The van der Waals surface area contributed by atoms with Gasteiger partial charge in [-0.3, -0.25) is 14.9 Å². The summed E-state index contributed by atoms with van der Waals surface area (Å²) in [5.41, 5.74) is 3.25. The van der Waals surface area contributed by atoms with Gasteiger partial charge in [0.25, 0.3) is 11.1 Å². The molecule has 5 heteroatoms. The number of rotatable bonds is 3. The molecular formula is C19H14N2O2S. The highest BCUT2D eigenvalue weighted by Gasteiger charge is 2.25. The minimum absolute atomic E-state index is 0.320. The first-order valence-corrected chi connectivity index (χ1v) is 8.39. The molecule has 1 N–H and O–H groups in total. The van der Waals surface area contributed by atoms with Gasteiger partial charge in [0.15, 0.2) is 0 Å². The van der Waals surface area contributed by atoms with E-state index in [0.717, 1.165) is 34.8 Å². The van der Waals surface area contributed by atoms with Gasteiger partial charge in [-0.05, 0) is 29.5 Å².